The third-order valence-corrected chi connectivity index (χ3v) is 1.57. The summed E-state index contributed by atoms with van der Waals surface area (Å²) in [6.07, 6.45) is 4.88. The molecule has 1 amide bonds. The molecule has 0 atom stereocenters. The molecule has 0 saturated heterocycles. The average molecular weight is 181 g/mol. The average Bonchev–Trinajstić information content (AvgIpc) is 2.18. The largest absolute Gasteiger partial charge is 0.275 e. The lowest BCUT2D eigenvalue weighted by Crippen LogP contribution is -2.27. The number of carbonyl (C=O) groups excluding carboxylic acids is 1. The fourth-order valence-electron chi connectivity index (χ4n) is 0.789. The molecule has 0 aliphatic heterocycles. The summed E-state index contributed by atoms with van der Waals surface area (Å²) in [4.78, 5) is 23.8. The van der Waals surface area contributed by atoms with E-state index in [0.717, 1.165) is 5.06 Å². The third kappa shape index (κ3) is 2.79. The summed E-state index contributed by atoms with van der Waals surface area (Å²) in [6, 6.07) is 0. The first kappa shape index (κ1) is 9.60. The molecule has 70 valence electrons. The fraction of sp³-hybridized carbons (Fsp3) is 0.375. The summed E-state index contributed by atoms with van der Waals surface area (Å²) in [5, 5.41) is 1.16. The topological polar surface area (TPSA) is 55.3 Å². The molecule has 0 aliphatic carbocycles. The van der Waals surface area contributed by atoms with Gasteiger partial charge in [0.1, 0.15) is 0 Å². The van der Waals surface area contributed by atoms with Gasteiger partial charge in [-0.05, 0) is 0 Å². The lowest BCUT2D eigenvalue weighted by Gasteiger charge is -2.12. The van der Waals surface area contributed by atoms with E-state index in [2.05, 4.69) is 9.97 Å². The number of aromatic nitrogens is 2. The van der Waals surface area contributed by atoms with E-state index >= 15 is 0 Å². The van der Waals surface area contributed by atoms with Crippen molar-refractivity contribution in [1.29, 1.82) is 0 Å². The summed E-state index contributed by atoms with van der Waals surface area (Å²) in [6.45, 7) is 0. The van der Waals surface area contributed by atoms with Gasteiger partial charge in [-0.15, -0.1) is 0 Å². The maximum absolute atomic E-state index is 11.3. The molecule has 0 aromatic carbocycles. The monoisotopic (exact) mass is 181 g/mol. The second-order valence-corrected chi connectivity index (χ2v) is 2.45. The van der Waals surface area contributed by atoms with Gasteiger partial charge in [-0.3, -0.25) is 19.6 Å². The zero-order valence-corrected chi connectivity index (χ0v) is 7.60. The molecule has 1 aromatic rings. The number of likely N-dealkylation sites (N-methyl/N-ethyl adjacent to an activating group) is 1. The number of hydrogen-bond acceptors (Lipinski definition) is 4. The van der Waals surface area contributed by atoms with Crippen molar-refractivity contribution in [1.82, 2.24) is 15.0 Å². The van der Waals surface area contributed by atoms with Gasteiger partial charge in [0.15, 0.2) is 0 Å². The van der Waals surface area contributed by atoms with E-state index in [4.69, 9.17) is 4.84 Å². The summed E-state index contributed by atoms with van der Waals surface area (Å²) in [7, 11) is 2.99. The normalized spacial score (nSPS) is 9.69. The van der Waals surface area contributed by atoms with Crippen LogP contribution in [0, 0.1) is 0 Å². The smallest absolute Gasteiger partial charge is 0.251 e. The van der Waals surface area contributed by atoms with E-state index in [-0.39, 0.29) is 12.3 Å². The SMILES string of the molecule is CON(C)C(=O)Cc1cnccn1. The summed E-state index contributed by atoms with van der Waals surface area (Å²) in [5.41, 5.74) is 0.636. The van der Waals surface area contributed by atoms with Crippen LogP contribution in [0.4, 0.5) is 0 Å². The molecule has 0 fully saturated rings. The molecule has 1 aromatic heterocycles. The lowest BCUT2D eigenvalue weighted by molar-refractivity contribution is -0.167. The van der Waals surface area contributed by atoms with Crippen LogP contribution in [-0.4, -0.2) is 35.1 Å². The van der Waals surface area contributed by atoms with Gasteiger partial charge in [-0.2, -0.15) is 0 Å². The standard InChI is InChI=1S/C8H11N3O2/c1-11(13-2)8(12)5-7-6-9-3-4-10-7/h3-4,6H,5H2,1-2H3. The highest BCUT2D eigenvalue weighted by atomic mass is 16.7. The molecule has 0 unspecified atom stereocenters. The Balaban J connectivity index is 2.55. The molecule has 0 saturated carbocycles. The zero-order valence-electron chi connectivity index (χ0n) is 7.60. The van der Waals surface area contributed by atoms with E-state index in [1.165, 1.54) is 7.11 Å². The molecule has 5 nitrogen and oxygen atoms in total. The summed E-state index contributed by atoms with van der Waals surface area (Å²) < 4.78 is 0. The van der Waals surface area contributed by atoms with Gasteiger partial charge in [-0.1, -0.05) is 0 Å². The maximum Gasteiger partial charge on any atom is 0.251 e. The van der Waals surface area contributed by atoms with Crippen molar-refractivity contribution >= 4 is 5.91 Å². The van der Waals surface area contributed by atoms with Crippen molar-refractivity contribution in [3.63, 3.8) is 0 Å². The van der Waals surface area contributed by atoms with Crippen LogP contribution >= 0.6 is 0 Å². The molecule has 0 aliphatic rings. The van der Waals surface area contributed by atoms with E-state index in [1.54, 1.807) is 25.6 Å². The predicted molar refractivity (Wildman–Crippen MR) is 45.5 cm³/mol. The van der Waals surface area contributed by atoms with Gasteiger partial charge >= 0.3 is 0 Å². The number of hydroxylamine groups is 2. The molecule has 0 bridgehead atoms. The molecule has 13 heavy (non-hydrogen) atoms. The highest BCUT2D eigenvalue weighted by Crippen LogP contribution is 1.95. The number of nitrogens with zero attached hydrogens (tertiary/aromatic N) is 3. The van der Waals surface area contributed by atoms with Gasteiger partial charge in [0.2, 0.25) is 0 Å². The minimum absolute atomic E-state index is 0.150. The quantitative estimate of drug-likeness (QED) is 0.618. The van der Waals surface area contributed by atoms with E-state index in [1.807, 2.05) is 0 Å². The Morgan fingerprint density at radius 3 is 2.92 bits per heavy atom. The molecule has 5 heteroatoms. The van der Waals surface area contributed by atoms with Gasteiger partial charge in [0.25, 0.3) is 5.91 Å². The fourth-order valence-corrected chi connectivity index (χ4v) is 0.789. The van der Waals surface area contributed by atoms with Crippen molar-refractivity contribution in [3.05, 3.63) is 24.3 Å². The summed E-state index contributed by atoms with van der Waals surface area (Å²) >= 11 is 0. The Labute approximate surface area is 76.3 Å². The molecule has 1 rings (SSSR count). The molecular formula is C8H11N3O2. The van der Waals surface area contributed by atoms with Crippen LogP contribution in [0.3, 0.4) is 0 Å². The Kier molecular flexibility index (Phi) is 3.33. The van der Waals surface area contributed by atoms with Crippen LogP contribution in [-0.2, 0) is 16.1 Å². The van der Waals surface area contributed by atoms with Crippen LogP contribution in [0.2, 0.25) is 0 Å². The molecule has 0 N–H and O–H groups in total. The van der Waals surface area contributed by atoms with Gasteiger partial charge in [0.05, 0.1) is 19.2 Å². The van der Waals surface area contributed by atoms with E-state index < -0.39 is 0 Å². The van der Waals surface area contributed by atoms with Crippen LogP contribution < -0.4 is 0 Å². The van der Waals surface area contributed by atoms with Crippen LogP contribution in [0.25, 0.3) is 0 Å². The first-order valence-electron chi connectivity index (χ1n) is 3.79. The number of amides is 1. The number of hydrogen-bond donors (Lipinski definition) is 0. The van der Waals surface area contributed by atoms with E-state index in [9.17, 15) is 4.79 Å². The Morgan fingerprint density at radius 1 is 1.62 bits per heavy atom. The maximum atomic E-state index is 11.3. The van der Waals surface area contributed by atoms with E-state index in [0.29, 0.717) is 5.69 Å². The van der Waals surface area contributed by atoms with Crippen LogP contribution in [0.15, 0.2) is 18.6 Å². The van der Waals surface area contributed by atoms with Crippen LogP contribution in [0.5, 0.6) is 0 Å². The third-order valence-electron chi connectivity index (χ3n) is 1.57. The predicted octanol–water partition coefficient (Wildman–Crippen LogP) is 0.0389. The van der Waals surface area contributed by atoms with Crippen molar-refractivity contribution in [2.45, 2.75) is 6.42 Å². The second-order valence-electron chi connectivity index (χ2n) is 2.45. The highest BCUT2D eigenvalue weighted by Gasteiger charge is 2.09. The number of rotatable bonds is 3. The first-order chi connectivity index (χ1) is 6.24. The molecular weight excluding hydrogens is 170 g/mol. The van der Waals surface area contributed by atoms with Gasteiger partial charge < -0.3 is 0 Å². The highest BCUT2D eigenvalue weighted by molar-refractivity contribution is 5.76. The molecule has 0 spiro atoms. The van der Waals surface area contributed by atoms with Gasteiger partial charge in [-0.25, -0.2) is 5.06 Å². The first-order valence-corrected chi connectivity index (χ1v) is 3.79. The second kappa shape index (κ2) is 4.51. The van der Waals surface area contributed by atoms with Crippen LogP contribution in [0.1, 0.15) is 5.69 Å². The summed E-state index contributed by atoms with van der Waals surface area (Å²) in [5.74, 6) is -0.150. The number of carbonyl (C=O) groups is 1. The Hall–Kier alpha value is -1.49. The van der Waals surface area contributed by atoms with Crippen molar-refractivity contribution in [3.8, 4) is 0 Å². The molecule has 0 radical (unpaired) electrons. The van der Waals surface area contributed by atoms with Crippen molar-refractivity contribution in [2.24, 2.45) is 0 Å². The minimum Gasteiger partial charge on any atom is -0.275 e. The Morgan fingerprint density at radius 2 is 2.38 bits per heavy atom. The zero-order chi connectivity index (χ0) is 9.68. The minimum atomic E-state index is -0.150. The Bertz CT molecular complexity index is 276. The van der Waals surface area contributed by atoms with Crippen molar-refractivity contribution < 1.29 is 9.63 Å². The lowest BCUT2D eigenvalue weighted by atomic mass is 10.3. The van der Waals surface area contributed by atoms with Gasteiger partial charge in [0, 0.05) is 25.6 Å². The molecule has 1 heterocycles. The van der Waals surface area contributed by atoms with Crippen molar-refractivity contribution in [2.75, 3.05) is 14.2 Å².